The van der Waals surface area contributed by atoms with Gasteiger partial charge in [0.1, 0.15) is 5.01 Å². The van der Waals surface area contributed by atoms with Crippen molar-refractivity contribution in [2.45, 2.75) is 32.7 Å². The molecule has 0 unspecified atom stereocenters. The molecule has 0 atom stereocenters. The number of carbonyl (C=O) groups excluding carboxylic acids is 1. The number of rotatable bonds is 8. The lowest BCUT2D eigenvalue weighted by molar-refractivity contribution is -0.122. The number of amides is 1. The molecule has 0 radical (unpaired) electrons. The number of fused-ring (bicyclic) bond motifs is 1. The first kappa shape index (κ1) is 18.3. The van der Waals surface area contributed by atoms with Gasteiger partial charge in [-0.1, -0.05) is 31.9 Å². The van der Waals surface area contributed by atoms with Gasteiger partial charge in [-0.2, -0.15) is 0 Å². The summed E-state index contributed by atoms with van der Waals surface area (Å²) in [5.41, 5.74) is 1.10. The van der Waals surface area contributed by atoms with E-state index in [0.29, 0.717) is 6.54 Å². The van der Waals surface area contributed by atoms with E-state index in [0.717, 1.165) is 51.2 Å². The van der Waals surface area contributed by atoms with E-state index in [1.165, 1.54) is 22.5 Å². The normalized spacial score (nSPS) is 16.4. The van der Waals surface area contributed by atoms with Crippen LogP contribution in [0.5, 0.6) is 0 Å². The number of piperazine rings is 1. The molecule has 1 aromatic carbocycles. The van der Waals surface area contributed by atoms with Gasteiger partial charge >= 0.3 is 0 Å². The summed E-state index contributed by atoms with van der Waals surface area (Å²) >= 11 is 1.78. The fraction of sp³-hybridized carbons (Fsp3) is 0.579. The number of hydrogen-bond donors (Lipinski definition) is 1. The predicted molar refractivity (Wildman–Crippen MR) is 104 cm³/mol. The molecule has 2 heterocycles. The summed E-state index contributed by atoms with van der Waals surface area (Å²) in [7, 11) is 0. The van der Waals surface area contributed by atoms with Crippen molar-refractivity contribution in [3.05, 3.63) is 29.3 Å². The second-order valence-electron chi connectivity index (χ2n) is 6.68. The standard InChI is InChI=1S/C19H28N4OS/c1-2-3-6-9-20-18(24)14-22-10-12-23(13-11-22)15-19-21-16-7-4-5-8-17(16)25-19/h4-5,7-8H,2-3,6,9-15H2,1H3,(H,20,24). The summed E-state index contributed by atoms with van der Waals surface area (Å²) in [5, 5.41) is 4.21. The van der Waals surface area contributed by atoms with E-state index in [9.17, 15) is 4.79 Å². The van der Waals surface area contributed by atoms with Crippen LogP contribution in [0, 0.1) is 0 Å². The zero-order chi connectivity index (χ0) is 17.5. The minimum Gasteiger partial charge on any atom is -0.355 e. The number of aromatic nitrogens is 1. The van der Waals surface area contributed by atoms with E-state index in [2.05, 4.69) is 40.2 Å². The Bertz CT molecular complexity index is 646. The van der Waals surface area contributed by atoms with Gasteiger partial charge in [-0.05, 0) is 18.6 Å². The van der Waals surface area contributed by atoms with Crippen LogP contribution in [0.4, 0.5) is 0 Å². The molecule has 0 spiro atoms. The summed E-state index contributed by atoms with van der Waals surface area (Å²) in [6.07, 6.45) is 3.45. The van der Waals surface area contributed by atoms with Crippen LogP contribution in [-0.2, 0) is 11.3 Å². The molecule has 1 aliphatic heterocycles. The third kappa shape index (κ3) is 5.49. The van der Waals surface area contributed by atoms with Gasteiger partial charge in [0.05, 0.1) is 23.3 Å². The largest absolute Gasteiger partial charge is 0.355 e. The van der Waals surface area contributed by atoms with E-state index in [1.807, 2.05) is 6.07 Å². The Morgan fingerprint density at radius 3 is 2.68 bits per heavy atom. The fourth-order valence-electron chi connectivity index (χ4n) is 3.15. The number of benzene rings is 1. The lowest BCUT2D eigenvalue weighted by Gasteiger charge is -2.33. The summed E-state index contributed by atoms with van der Waals surface area (Å²) < 4.78 is 1.26. The molecular formula is C19H28N4OS. The Hall–Kier alpha value is -1.50. The van der Waals surface area contributed by atoms with Crippen molar-refractivity contribution in [2.24, 2.45) is 0 Å². The van der Waals surface area contributed by atoms with Gasteiger partial charge in [0.15, 0.2) is 0 Å². The van der Waals surface area contributed by atoms with Crippen molar-refractivity contribution in [1.29, 1.82) is 0 Å². The van der Waals surface area contributed by atoms with Gasteiger partial charge in [0.25, 0.3) is 0 Å². The third-order valence-corrected chi connectivity index (χ3v) is 5.65. The molecule has 1 fully saturated rings. The van der Waals surface area contributed by atoms with Crippen LogP contribution in [0.25, 0.3) is 10.2 Å². The van der Waals surface area contributed by atoms with Crippen LogP contribution in [-0.4, -0.2) is 60.0 Å². The van der Waals surface area contributed by atoms with Crippen molar-refractivity contribution in [3.63, 3.8) is 0 Å². The maximum Gasteiger partial charge on any atom is 0.234 e. The van der Waals surface area contributed by atoms with Gasteiger partial charge in [0, 0.05) is 32.7 Å². The van der Waals surface area contributed by atoms with E-state index in [1.54, 1.807) is 11.3 Å². The van der Waals surface area contributed by atoms with Crippen LogP contribution in [0.2, 0.25) is 0 Å². The highest BCUT2D eigenvalue weighted by Gasteiger charge is 2.19. The summed E-state index contributed by atoms with van der Waals surface area (Å²) in [5.74, 6) is 0.163. The number of nitrogens with zero attached hydrogens (tertiary/aromatic N) is 3. The number of para-hydroxylation sites is 1. The maximum atomic E-state index is 12.0. The van der Waals surface area contributed by atoms with Gasteiger partial charge in [-0.3, -0.25) is 14.6 Å². The Kier molecular flexibility index (Phi) is 6.78. The summed E-state index contributed by atoms with van der Waals surface area (Å²) in [6.45, 7) is 8.33. The lowest BCUT2D eigenvalue weighted by Crippen LogP contribution is -2.49. The summed E-state index contributed by atoms with van der Waals surface area (Å²) in [6, 6.07) is 8.31. The number of thiazole rings is 1. The zero-order valence-electron chi connectivity index (χ0n) is 15.0. The Morgan fingerprint density at radius 1 is 1.16 bits per heavy atom. The Labute approximate surface area is 154 Å². The highest BCUT2D eigenvalue weighted by Crippen LogP contribution is 2.22. The van der Waals surface area contributed by atoms with Gasteiger partial charge < -0.3 is 5.32 Å². The quantitative estimate of drug-likeness (QED) is 0.736. The van der Waals surface area contributed by atoms with E-state index < -0.39 is 0 Å². The molecule has 0 saturated carbocycles. The van der Waals surface area contributed by atoms with Crippen LogP contribution in [0.15, 0.2) is 24.3 Å². The average Bonchev–Trinajstić information content (AvgIpc) is 3.03. The summed E-state index contributed by atoms with van der Waals surface area (Å²) in [4.78, 5) is 21.4. The van der Waals surface area contributed by atoms with Crippen molar-refractivity contribution in [3.8, 4) is 0 Å². The first-order valence-corrected chi connectivity index (χ1v) is 10.1. The predicted octanol–water partition coefficient (Wildman–Crippen LogP) is 2.72. The molecule has 0 bridgehead atoms. The minimum atomic E-state index is 0.163. The van der Waals surface area contributed by atoms with Gasteiger partial charge in [0.2, 0.25) is 5.91 Å². The van der Waals surface area contributed by atoms with Crippen molar-refractivity contribution in [1.82, 2.24) is 20.1 Å². The second kappa shape index (κ2) is 9.27. The number of hydrogen-bond acceptors (Lipinski definition) is 5. The smallest absolute Gasteiger partial charge is 0.234 e. The SMILES string of the molecule is CCCCCNC(=O)CN1CCN(Cc2nc3ccccc3s2)CC1. The fourth-order valence-corrected chi connectivity index (χ4v) is 4.16. The molecule has 1 N–H and O–H groups in total. The molecule has 1 aromatic heterocycles. The highest BCUT2D eigenvalue weighted by molar-refractivity contribution is 7.18. The third-order valence-electron chi connectivity index (χ3n) is 4.63. The first-order chi connectivity index (χ1) is 12.2. The van der Waals surface area contributed by atoms with Crippen molar-refractivity contribution >= 4 is 27.5 Å². The van der Waals surface area contributed by atoms with Crippen LogP contribution < -0.4 is 5.32 Å². The van der Waals surface area contributed by atoms with Crippen molar-refractivity contribution < 1.29 is 4.79 Å². The van der Waals surface area contributed by atoms with E-state index in [-0.39, 0.29) is 5.91 Å². The Balaban J connectivity index is 1.39. The molecule has 1 amide bonds. The molecule has 1 aliphatic rings. The Morgan fingerprint density at radius 2 is 1.92 bits per heavy atom. The van der Waals surface area contributed by atoms with E-state index in [4.69, 9.17) is 4.98 Å². The number of unbranched alkanes of at least 4 members (excludes halogenated alkanes) is 2. The molecular weight excluding hydrogens is 332 g/mol. The van der Waals surface area contributed by atoms with Gasteiger partial charge in [-0.15, -0.1) is 11.3 Å². The molecule has 136 valence electrons. The topological polar surface area (TPSA) is 48.5 Å². The maximum absolute atomic E-state index is 12.0. The van der Waals surface area contributed by atoms with Crippen LogP contribution >= 0.6 is 11.3 Å². The molecule has 6 heteroatoms. The monoisotopic (exact) mass is 360 g/mol. The lowest BCUT2D eigenvalue weighted by atomic mass is 10.2. The second-order valence-corrected chi connectivity index (χ2v) is 7.80. The molecule has 2 aromatic rings. The zero-order valence-corrected chi connectivity index (χ0v) is 15.9. The number of nitrogens with one attached hydrogen (secondary N) is 1. The minimum absolute atomic E-state index is 0.163. The van der Waals surface area contributed by atoms with E-state index >= 15 is 0 Å². The molecule has 5 nitrogen and oxygen atoms in total. The molecule has 25 heavy (non-hydrogen) atoms. The van der Waals surface area contributed by atoms with Crippen LogP contribution in [0.1, 0.15) is 31.2 Å². The first-order valence-electron chi connectivity index (χ1n) is 9.30. The molecule has 0 aliphatic carbocycles. The highest BCUT2D eigenvalue weighted by atomic mass is 32.1. The van der Waals surface area contributed by atoms with Crippen molar-refractivity contribution in [2.75, 3.05) is 39.3 Å². The van der Waals surface area contributed by atoms with Crippen LogP contribution in [0.3, 0.4) is 0 Å². The number of carbonyl (C=O) groups is 1. The molecule has 3 rings (SSSR count). The van der Waals surface area contributed by atoms with Gasteiger partial charge in [-0.25, -0.2) is 4.98 Å². The molecule has 1 saturated heterocycles. The average molecular weight is 361 g/mol.